The van der Waals surface area contributed by atoms with Gasteiger partial charge < -0.3 is 9.67 Å². The third-order valence-electron chi connectivity index (χ3n) is 1.82. The normalized spacial score (nSPS) is 11.8. The van der Waals surface area contributed by atoms with E-state index in [1.165, 1.54) is 0 Å². The summed E-state index contributed by atoms with van der Waals surface area (Å²) in [6, 6.07) is 0. The number of aryl methyl sites for hydroxylation is 1. The lowest BCUT2D eigenvalue weighted by Crippen LogP contribution is -2.16. The molecule has 0 fully saturated rings. The first-order valence-electron chi connectivity index (χ1n) is 3.82. The van der Waals surface area contributed by atoms with Crippen molar-refractivity contribution < 1.29 is 9.90 Å². The minimum Gasteiger partial charge on any atom is -0.481 e. The quantitative estimate of drug-likeness (QED) is 0.809. The van der Waals surface area contributed by atoms with E-state index in [2.05, 4.69) is 4.98 Å². The van der Waals surface area contributed by atoms with Crippen LogP contribution < -0.4 is 0 Å². The third-order valence-corrected chi connectivity index (χ3v) is 1.82. The number of aromatic nitrogens is 2. The van der Waals surface area contributed by atoms with Crippen LogP contribution in [0.25, 0.3) is 0 Å². The van der Waals surface area contributed by atoms with Crippen LogP contribution in [0.2, 0.25) is 0 Å². The smallest absolute Gasteiger partial charge is 0.308 e. The maximum Gasteiger partial charge on any atom is 0.308 e. The maximum absolute atomic E-state index is 10.5. The molecule has 0 saturated carbocycles. The molecule has 0 radical (unpaired) electrons. The summed E-state index contributed by atoms with van der Waals surface area (Å²) in [6.07, 6.45) is 3.46. The van der Waals surface area contributed by atoms with Gasteiger partial charge in [-0.25, -0.2) is 4.98 Å². The van der Waals surface area contributed by atoms with E-state index in [9.17, 15) is 4.79 Å². The van der Waals surface area contributed by atoms with Crippen molar-refractivity contribution in [2.75, 3.05) is 0 Å². The maximum atomic E-state index is 10.5. The Balaban J connectivity index is 0.00000144. The van der Waals surface area contributed by atoms with Gasteiger partial charge in [-0.15, -0.1) is 12.4 Å². The van der Waals surface area contributed by atoms with Crippen molar-refractivity contribution >= 4 is 18.4 Å². The molecule has 74 valence electrons. The van der Waals surface area contributed by atoms with E-state index in [1.807, 2.05) is 11.5 Å². The van der Waals surface area contributed by atoms with Gasteiger partial charge in [0.1, 0.15) is 5.82 Å². The Hall–Kier alpha value is -1.03. The van der Waals surface area contributed by atoms with Gasteiger partial charge in [0.25, 0.3) is 0 Å². The predicted molar refractivity (Wildman–Crippen MR) is 51.0 cm³/mol. The van der Waals surface area contributed by atoms with Gasteiger partial charge in [0, 0.05) is 18.9 Å². The highest BCUT2D eigenvalue weighted by Gasteiger charge is 2.11. The highest BCUT2D eigenvalue weighted by Crippen LogP contribution is 2.03. The molecular formula is C8H13ClN2O2. The lowest BCUT2D eigenvalue weighted by atomic mass is 10.2. The molecule has 0 aliphatic carbocycles. The Morgan fingerprint density at radius 1 is 1.77 bits per heavy atom. The van der Waals surface area contributed by atoms with Crippen molar-refractivity contribution in [1.29, 1.82) is 0 Å². The van der Waals surface area contributed by atoms with Crippen LogP contribution in [-0.4, -0.2) is 20.6 Å². The zero-order valence-corrected chi connectivity index (χ0v) is 8.41. The standard InChI is InChI=1S/C8H12N2O2.ClH/c1-6(8(11)12)5-10-4-3-9-7(10)2;/h3-4,6H,5H2,1-2H3,(H,11,12);1H. The molecule has 1 aromatic heterocycles. The monoisotopic (exact) mass is 204 g/mol. The number of carboxylic acids is 1. The van der Waals surface area contributed by atoms with Gasteiger partial charge in [0.15, 0.2) is 0 Å². The number of hydrogen-bond donors (Lipinski definition) is 1. The topological polar surface area (TPSA) is 55.1 Å². The Labute approximate surface area is 83.0 Å². The van der Waals surface area contributed by atoms with E-state index < -0.39 is 5.97 Å². The molecule has 1 N–H and O–H groups in total. The zero-order chi connectivity index (χ0) is 9.14. The molecule has 1 aromatic rings. The largest absolute Gasteiger partial charge is 0.481 e. The van der Waals surface area contributed by atoms with Crippen molar-refractivity contribution in [2.45, 2.75) is 20.4 Å². The van der Waals surface area contributed by atoms with Crippen LogP contribution in [0, 0.1) is 12.8 Å². The molecule has 5 heteroatoms. The Morgan fingerprint density at radius 3 is 2.77 bits per heavy atom. The molecule has 0 bridgehead atoms. The first kappa shape index (κ1) is 12.0. The SMILES string of the molecule is Cc1nccn1CC(C)C(=O)O.Cl. The van der Waals surface area contributed by atoms with Gasteiger partial charge in [-0.3, -0.25) is 4.79 Å². The second-order valence-electron chi connectivity index (χ2n) is 2.87. The lowest BCUT2D eigenvalue weighted by Gasteiger charge is -2.07. The Bertz CT molecular complexity index is 285. The lowest BCUT2D eigenvalue weighted by molar-refractivity contribution is -0.141. The molecule has 0 aliphatic rings. The van der Waals surface area contributed by atoms with E-state index in [0.717, 1.165) is 5.82 Å². The van der Waals surface area contributed by atoms with Crippen LogP contribution in [0.4, 0.5) is 0 Å². The van der Waals surface area contributed by atoms with Crippen molar-refractivity contribution in [1.82, 2.24) is 9.55 Å². The molecule has 4 nitrogen and oxygen atoms in total. The summed E-state index contributed by atoms with van der Waals surface area (Å²) in [6.45, 7) is 4.03. The predicted octanol–water partition coefficient (Wildman–Crippen LogP) is 1.33. The fourth-order valence-corrected chi connectivity index (χ4v) is 0.970. The molecule has 0 amide bonds. The number of imidazole rings is 1. The van der Waals surface area contributed by atoms with Crippen LogP contribution >= 0.6 is 12.4 Å². The summed E-state index contributed by atoms with van der Waals surface area (Å²) in [5.41, 5.74) is 0. The van der Waals surface area contributed by atoms with E-state index in [0.29, 0.717) is 6.54 Å². The molecule has 13 heavy (non-hydrogen) atoms. The number of aliphatic carboxylic acids is 1. The summed E-state index contributed by atoms with van der Waals surface area (Å²) in [7, 11) is 0. The van der Waals surface area contributed by atoms with Crippen LogP contribution in [0.3, 0.4) is 0 Å². The summed E-state index contributed by atoms with van der Waals surface area (Å²) in [5.74, 6) is -0.288. The molecule has 1 heterocycles. The van der Waals surface area contributed by atoms with Crippen LogP contribution in [0.1, 0.15) is 12.7 Å². The minimum atomic E-state index is -0.775. The first-order valence-corrected chi connectivity index (χ1v) is 3.82. The Kier molecular flexibility index (Phi) is 4.48. The van der Waals surface area contributed by atoms with Gasteiger partial charge in [-0.05, 0) is 6.92 Å². The number of hydrogen-bond acceptors (Lipinski definition) is 2. The van der Waals surface area contributed by atoms with Crippen LogP contribution in [-0.2, 0) is 11.3 Å². The number of nitrogens with zero attached hydrogens (tertiary/aromatic N) is 2. The number of carbonyl (C=O) groups is 1. The van der Waals surface area contributed by atoms with Crippen molar-refractivity contribution in [2.24, 2.45) is 5.92 Å². The fraction of sp³-hybridized carbons (Fsp3) is 0.500. The molecule has 1 unspecified atom stereocenters. The molecule has 0 saturated heterocycles. The molecule has 0 aliphatic heterocycles. The van der Waals surface area contributed by atoms with Gasteiger partial charge in [-0.2, -0.15) is 0 Å². The van der Waals surface area contributed by atoms with E-state index in [1.54, 1.807) is 19.3 Å². The van der Waals surface area contributed by atoms with E-state index in [-0.39, 0.29) is 18.3 Å². The minimum absolute atomic E-state index is 0. The van der Waals surface area contributed by atoms with Crippen molar-refractivity contribution in [3.05, 3.63) is 18.2 Å². The number of carboxylic acid groups (broad SMARTS) is 1. The molecule has 1 rings (SSSR count). The first-order chi connectivity index (χ1) is 5.61. The summed E-state index contributed by atoms with van der Waals surface area (Å²) >= 11 is 0. The summed E-state index contributed by atoms with van der Waals surface area (Å²) < 4.78 is 1.83. The second-order valence-corrected chi connectivity index (χ2v) is 2.87. The number of rotatable bonds is 3. The van der Waals surface area contributed by atoms with Crippen molar-refractivity contribution in [3.63, 3.8) is 0 Å². The fourth-order valence-electron chi connectivity index (χ4n) is 0.970. The average Bonchev–Trinajstić information content (AvgIpc) is 2.36. The molecule has 0 aromatic carbocycles. The second kappa shape index (κ2) is 4.87. The van der Waals surface area contributed by atoms with Gasteiger partial charge in [0.2, 0.25) is 0 Å². The number of halogens is 1. The van der Waals surface area contributed by atoms with Gasteiger partial charge >= 0.3 is 5.97 Å². The van der Waals surface area contributed by atoms with Crippen LogP contribution in [0.5, 0.6) is 0 Å². The zero-order valence-electron chi connectivity index (χ0n) is 7.60. The summed E-state index contributed by atoms with van der Waals surface area (Å²) in [4.78, 5) is 14.5. The van der Waals surface area contributed by atoms with Crippen LogP contribution in [0.15, 0.2) is 12.4 Å². The van der Waals surface area contributed by atoms with Gasteiger partial charge in [-0.1, -0.05) is 6.92 Å². The van der Waals surface area contributed by atoms with E-state index in [4.69, 9.17) is 5.11 Å². The third kappa shape index (κ3) is 3.06. The van der Waals surface area contributed by atoms with E-state index >= 15 is 0 Å². The van der Waals surface area contributed by atoms with Gasteiger partial charge in [0.05, 0.1) is 5.92 Å². The average molecular weight is 205 g/mol. The molecule has 0 spiro atoms. The summed E-state index contributed by atoms with van der Waals surface area (Å²) in [5, 5.41) is 8.64. The van der Waals surface area contributed by atoms with Crippen molar-refractivity contribution in [3.8, 4) is 0 Å². The molecular weight excluding hydrogens is 192 g/mol. The Morgan fingerprint density at radius 2 is 2.38 bits per heavy atom. The molecule has 1 atom stereocenters. The highest BCUT2D eigenvalue weighted by atomic mass is 35.5. The highest BCUT2D eigenvalue weighted by molar-refractivity contribution is 5.85.